The van der Waals surface area contributed by atoms with Gasteiger partial charge in [0.1, 0.15) is 0 Å². The molecule has 110 valence electrons. The van der Waals surface area contributed by atoms with Crippen molar-refractivity contribution in [2.75, 3.05) is 6.54 Å². The van der Waals surface area contributed by atoms with E-state index in [9.17, 15) is 0 Å². The van der Waals surface area contributed by atoms with Gasteiger partial charge in [0, 0.05) is 23.9 Å². The van der Waals surface area contributed by atoms with Crippen LogP contribution in [0.2, 0.25) is 0 Å². The second-order valence-electron chi connectivity index (χ2n) is 8.65. The zero-order valence-electron chi connectivity index (χ0n) is 12.9. The first-order valence-electron chi connectivity index (χ1n) is 8.18. The lowest BCUT2D eigenvalue weighted by atomic mass is 9.42. The zero-order chi connectivity index (χ0) is 14.0. The van der Waals surface area contributed by atoms with E-state index in [2.05, 4.69) is 29.7 Å². The van der Waals surface area contributed by atoms with Crippen LogP contribution >= 0.6 is 0 Å². The molecule has 2 atom stereocenters. The van der Waals surface area contributed by atoms with Crippen molar-refractivity contribution in [2.45, 2.75) is 64.3 Å². The third-order valence-electron chi connectivity index (χ3n) is 6.22. The van der Waals surface area contributed by atoms with Crippen LogP contribution in [0.3, 0.4) is 0 Å². The molecular weight excluding hydrogens is 246 g/mol. The van der Waals surface area contributed by atoms with Crippen LogP contribution in [-0.2, 0) is 12.0 Å². The number of aromatic nitrogens is 2. The molecule has 20 heavy (non-hydrogen) atoms. The minimum atomic E-state index is 0.337. The predicted octanol–water partition coefficient (Wildman–Crippen LogP) is 3.09. The third-order valence-corrected chi connectivity index (χ3v) is 6.22. The lowest BCUT2D eigenvalue weighted by Crippen LogP contribution is -2.59. The minimum Gasteiger partial charge on any atom is -0.330 e. The number of nitrogens with zero attached hydrogens (tertiary/aromatic N) is 2. The SMILES string of the molecule is CC12CC3CC(C)(C1)CC(n1cncc1CCN)(C3)C2. The molecule has 0 radical (unpaired) electrons. The number of rotatable bonds is 3. The average Bonchev–Trinajstić information content (AvgIpc) is 2.73. The Labute approximate surface area is 122 Å². The van der Waals surface area contributed by atoms with Crippen molar-refractivity contribution < 1.29 is 0 Å². The van der Waals surface area contributed by atoms with Gasteiger partial charge in [0.25, 0.3) is 0 Å². The molecule has 4 bridgehead atoms. The molecule has 1 aromatic rings. The van der Waals surface area contributed by atoms with E-state index in [4.69, 9.17) is 5.73 Å². The summed E-state index contributed by atoms with van der Waals surface area (Å²) in [6.07, 6.45) is 13.5. The van der Waals surface area contributed by atoms with Crippen molar-refractivity contribution >= 4 is 0 Å². The molecule has 1 heterocycles. The summed E-state index contributed by atoms with van der Waals surface area (Å²) >= 11 is 0. The third kappa shape index (κ3) is 1.71. The van der Waals surface area contributed by atoms with Gasteiger partial charge in [0.2, 0.25) is 0 Å². The van der Waals surface area contributed by atoms with E-state index in [1.54, 1.807) is 0 Å². The maximum Gasteiger partial charge on any atom is 0.0953 e. The standard InChI is InChI=1S/C17H27N3/c1-15-5-13-6-16(2,9-15)11-17(7-13,10-15)20-12-19-8-14(20)3-4-18/h8,12-13H,3-7,9-11,18H2,1-2H3. The van der Waals surface area contributed by atoms with Crippen LogP contribution in [0.25, 0.3) is 0 Å². The van der Waals surface area contributed by atoms with Gasteiger partial charge < -0.3 is 10.3 Å². The van der Waals surface area contributed by atoms with Gasteiger partial charge in [-0.1, -0.05) is 13.8 Å². The van der Waals surface area contributed by atoms with Gasteiger partial charge in [0.15, 0.2) is 0 Å². The Balaban J connectivity index is 1.78. The van der Waals surface area contributed by atoms with Gasteiger partial charge in [-0.05, 0) is 61.8 Å². The van der Waals surface area contributed by atoms with Crippen molar-refractivity contribution in [1.82, 2.24) is 9.55 Å². The van der Waals surface area contributed by atoms with Crippen LogP contribution in [0.1, 0.15) is 58.1 Å². The predicted molar refractivity (Wildman–Crippen MR) is 80.4 cm³/mol. The van der Waals surface area contributed by atoms with Gasteiger partial charge >= 0.3 is 0 Å². The monoisotopic (exact) mass is 273 g/mol. The van der Waals surface area contributed by atoms with Crippen molar-refractivity contribution in [3.05, 3.63) is 18.2 Å². The lowest BCUT2D eigenvalue weighted by molar-refractivity contribution is -0.136. The minimum absolute atomic E-state index is 0.337. The molecule has 0 saturated heterocycles. The quantitative estimate of drug-likeness (QED) is 0.919. The van der Waals surface area contributed by atoms with E-state index < -0.39 is 0 Å². The Kier molecular flexibility index (Phi) is 2.50. The van der Waals surface area contributed by atoms with Crippen LogP contribution in [0.15, 0.2) is 12.5 Å². The molecule has 1 aromatic heterocycles. The molecular formula is C17H27N3. The summed E-state index contributed by atoms with van der Waals surface area (Å²) in [7, 11) is 0. The fraction of sp³-hybridized carbons (Fsp3) is 0.824. The van der Waals surface area contributed by atoms with Gasteiger partial charge in [-0.15, -0.1) is 0 Å². The van der Waals surface area contributed by atoms with E-state index in [1.807, 2.05) is 6.20 Å². The fourth-order valence-corrected chi connectivity index (χ4v) is 6.74. The van der Waals surface area contributed by atoms with Crippen LogP contribution in [0.4, 0.5) is 0 Å². The fourth-order valence-electron chi connectivity index (χ4n) is 6.74. The number of hydrogen-bond donors (Lipinski definition) is 1. The largest absolute Gasteiger partial charge is 0.330 e. The highest BCUT2D eigenvalue weighted by molar-refractivity contribution is 5.16. The van der Waals surface area contributed by atoms with Crippen LogP contribution < -0.4 is 5.73 Å². The second-order valence-corrected chi connectivity index (χ2v) is 8.65. The molecule has 3 heteroatoms. The van der Waals surface area contributed by atoms with E-state index in [0.717, 1.165) is 18.9 Å². The van der Waals surface area contributed by atoms with Crippen LogP contribution in [0, 0.1) is 16.7 Å². The molecule has 5 rings (SSSR count). The summed E-state index contributed by atoms with van der Waals surface area (Å²) < 4.78 is 2.53. The molecule has 0 aliphatic heterocycles. The highest BCUT2D eigenvalue weighted by Crippen LogP contribution is 2.68. The van der Waals surface area contributed by atoms with E-state index in [0.29, 0.717) is 16.4 Å². The summed E-state index contributed by atoms with van der Waals surface area (Å²) in [5, 5.41) is 0. The number of imidazole rings is 1. The normalized spacial score (nSPS) is 46.0. The molecule has 3 nitrogen and oxygen atoms in total. The Morgan fingerprint density at radius 2 is 1.90 bits per heavy atom. The Hall–Kier alpha value is -0.830. The number of nitrogens with two attached hydrogens (primary N) is 1. The summed E-state index contributed by atoms with van der Waals surface area (Å²) in [4.78, 5) is 4.45. The molecule has 4 aliphatic rings. The van der Waals surface area contributed by atoms with Crippen molar-refractivity contribution in [2.24, 2.45) is 22.5 Å². The van der Waals surface area contributed by atoms with Crippen molar-refractivity contribution in [1.29, 1.82) is 0 Å². The van der Waals surface area contributed by atoms with E-state index in [1.165, 1.54) is 44.2 Å². The summed E-state index contributed by atoms with van der Waals surface area (Å²) in [6, 6.07) is 0. The molecule has 4 saturated carbocycles. The maximum absolute atomic E-state index is 5.79. The lowest BCUT2D eigenvalue weighted by Gasteiger charge is -2.65. The molecule has 2 unspecified atom stereocenters. The van der Waals surface area contributed by atoms with Gasteiger partial charge in [-0.25, -0.2) is 4.98 Å². The van der Waals surface area contributed by atoms with E-state index >= 15 is 0 Å². The van der Waals surface area contributed by atoms with Crippen molar-refractivity contribution in [3.8, 4) is 0 Å². The Morgan fingerprint density at radius 3 is 2.50 bits per heavy atom. The molecule has 0 amide bonds. The Bertz CT molecular complexity index is 514. The highest BCUT2D eigenvalue weighted by atomic mass is 15.1. The molecule has 2 N–H and O–H groups in total. The molecule has 0 aromatic carbocycles. The second kappa shape index (κ2) is 3.88. The molecule has 4 aliphatic carbocycles. The van der Waals surface area contributed by atoms with Gasteiger partial charge in [-0.2, -0.15) is 0 Å². The Morgan fingerprint density at radius 1 is 1.20 bits per heavy atom. The van der Waals surface area contributed by atoms with Crippen molar-refractivity contribution in [3.63, 3.8) is 0 Å². The maximum atomic E-state index is 5.79. The zero-order valence-corrected chi connectivity index (χ0v) is 12.9. The summed E-state index contributed by atoms with van der Waals surface area (Å²) in [5.74, 6) is 0.925. The smallest absolute Gasteiger partial charge is 0.0953 e. The van der Waals surface area contributed by atoms with Gasteiger partial charge in [-0.3, -0.25) is 0 Å². The van der Waals surface area contributed by atoms with Crippen LogP contribution in [0.5, 0.6) is 0 Å². The summed E-state index contributed by atoms with van der Waals surface area (Å²) in [5.41, 5.74) is 8.58. The van der Waals surface area contributed by atoms with Gasteiger partial charge in [0.05, 0.1) is 6.33 Å². The topological polar surface area (TPSA) is 43.8 Å². The highest BCUT2D eigenvalue weighted by Gasteiger charge is 2.60. The first-order chi connectivity index (χ1) is 9.46. The first-order valence-corrected chi connectivity index (χ1v) is 8.18. The first kappa shape index (κ1) is 12.9. The van der Waals surface area contributed by atoms with E-state index in [-0.39, 0.29) is 0 Å². The summed E-state index contributed by atoms with van der Waals surface area (Å²) in [6.45, 7) is 5.79. The van der Waals surface area contributed by atoms with Crippen LogP contribution in [-0.4, -0.2) is 16.1 Å². The molecule has 0 spiro atoms. The molecule has 4 fully saturated rings. The number of hydrogen-bond acceptors (Lipinski definition) is 2. The average molecular weight is 273 g/mol.